The van der Waals surface area contributed by atoms with Gasteiger partial charge in [-0.15, -0.1) is 0 Å². The van der Waals surface area contributed by atoms with Crippen LogP contribution in [0.25, 0.3) is 0 Å². The highest BCUT2D eigenvalue weighted by Crippen LogP contribution is 2.17. The van der Waals surface area contributed by atoms with E-state index >= 15 is 0 Å². The lowest BCUT2D eigenvalue weighted by Crippen LogP contribution is -2.37. The van der Waals surface area contributed by atoms with Crippen molar-refractivity contribution in [1.82, 2.24) is 4.90 Å². The van der Waals surface area contributed by atoms with Gasteiger partial charge in [0.25, 0.3) is 0 Å². The van der Waals surface area contributed by atoms with E-state index in [9.17, 15) is 4.79 Å². The van der Waals surface area contributed by atoms with Crippen LogP contribution in [-0.2, 0) is 0 Å². The van der Waals surface area contributed by atoms with Gasteiger partial charge in [-0.05, 0) is 38.4 Å². The molecule has 1 aliphatic heterocycles. The van der Waals surface area contributed by atoms with Crippen LogP contribution in [-0.4, -0.2) is 29.8 Å². The van der Waals surface area contributed by atoms with Crippen molar-refractivity contribution >= 4 is 17.4 Å². The van der Waals surface area contributed by atoms with E-state index in [1.165, 1.54) is 25.7 Å². The van der Waals surface area contributed by atoms with Crippen molar-refractivity contribution in [1.29, 1.82) is 0 Å². The fraction of sp³-hybridized carbons (Fsp3) is 0.533. The summed E-state index contributed by atoms with van der Waals surface area (Å²) in [5.41, 5.74) is 0.721. The van der Waals surface area contributed by atoms with E-state index in [4.69, 9.17) is 11.6 Å². The highest BCUT2D eigenvalue weighted by atomic mass is 35.5. The Morgan fingerprint density at radius 2 is 2.22 bits per heavy atom. The van der Waals surface area contributed by atoms with Gasteiger partial charge >= 0.3 is 0 Å². The number of ketones is 1. The second-order valence-corrected chi connectivity index (χ2v) is 5.54. The molecule has 1 atom stereocenters. The summed E-state index contributed by atoms with van der Waals surface area (Å²) in [5, 5.41) is 0.629. The molecule has 0 N–H and O–H groups in total. The Bertz CT molecular complexity index is 419. The van der Waals surface area contributed by atoms with Gasteiger partial charge in [0.1, 0.15) is 0 Å². The van der Waals surface area contributed by atoms with Gasteiger partial charge in [-0.3, -0.25) is 9.69 Å². The SMILES string of the molecule is CC1CCCCCN1CC(=O)c1cccc(Cl)c1. The van der Waals surface area contributed by atoms with Crippen molar-refractivity contribution in [3.63, 3.8) is 0 Å². The molecule has 0 saturated carbocycles. The van der Waals surface area contributed by atoms with Crippen LogP contribution >= 0.6 is 11.6 Å². The van der Waals surface area contributed by atoms with E-state index in [1.54, 1.807) is 12.1 Å². The van der Waals surface area contributed by atoms with Crippen LogP contribution < -0.4 is 0 Å². The molecule has 1 saturated heterocycles. The summed E-state index contributed by atoms with van der Waals surface area (Å²) < 4.78 is 0. The first-order valence-corrected chi connectivity index (χ1v) is 7.07. The molecule has 98 valence electrons. The third-order valence-electron chi connectivity index (χ3n) is 3.68. The molecule has 0 amide bonds. The third kappa shape index (κ3) is 3.56. The minimum Gasteiger partial charge on any atom is -0.293 e. The fourth-order valence-corrected chi connectivity index (χ4v) is 2.70. The molecular formula is C15H20ClNO. The van der Waals surface area contributed by atoms with Gasteiger partial charge in [0.05, 0.1) is 6.54 Å². The first-order chi connectivity index (χ1) is 8.66. The summed E-state index contributed by atoms with van der Waals surface area (Å²) in [4.78, 5) is 14.5. The van der Waals surface area contributed by atoms with Gasteiger partial charge in [-0.25, -0.2) is 0 Å². The monoisotopic (exact) mass is 265 g/mol. The highest BCUT2D eigenvalue weighted by molar-refractivity contribution is 6.31. The lowest BCUT2D eigenvalue weighted by molar-refractivity contribution is 0.0901. The molecule has 0 bridgehead atoms. The number of benzene rings is 1. The molecule has 0 radical (unpaired) electrons. The van der Waals surface area contributed by atoms with Crippen molar-refractivity contribution in [3.05, 3.63) is 34.9 Å². The molecule has 1 fully saturated rings. The van der Waals surface area contributed by atoms with Crippen LogP contribution in [0.15, 0.2) is 24.3 Å². The maximum absolute atomic E-state index is 12.2. The molecular weight excluding hydrogens is 246 g/mol. The number of likely N-dealkylation sites (tertiary alicyclic amines) is 1. The molecule has 1 aromatic rings. The quantitative estimate of drug-likeness (QED) is 0.775. The van der Waals surface area contributed by atoms with Gasteiger partial charge in [0.2, 0.25) is 0 Å². The fourth-order valence-electron chi connectivity index (χ4n) is 2.51. The van der Waals surface area contributed by atoms with Crippen LogP contribution in [0.2, 0.25) is 5.02 Å². The number of hydrogen-bond donors (Lipinski definition) is 0. The van der Waals surface area contributed by atoms with E-state index in [2.05, 4.69) is 11.8 Å². The second kappa shape index (κ2) is 6.35. The van der Waals surface area contributed by atoms with E-state index in [0.29, 0.717) is 17.6 Å². The number of nitrogens with zero attached hydrogens (tertiary/aromatic N) is 1. The number of carbonyl (C=O) groups is 1. The zero-order chi connectivity index (χ0) is 13.0. The van der Waals surface area contributed by atoms with Gasteiger partial charge < -0.3 is 0 Å². The number of hydrogen-bond acceptors (Lipinski definition) is 2. The van der Waals surface area contributed by atoms with E-state index in [1.807, 2.05) is 12.1 Å². The van der Waals surface area contributed by atoms with Crippen LogP contribution in [0.5, 0.6) is 0 Å². The minimum absolute atomic E-state index is 0.172. The van der Waals surface area contributed by atoms with Gasteiger partial charge in [0, 0.05) is 16.6 Å². The Morgan fingerprint density at radius 1 is 1.39 bits per heavy atom. The number of rotatable bonds is 3. The van der Waals surface area contributed by atoms with Crippen LogP contribution in [0, 0.1) is 0 Å². The standard InChI is InChI=1S/C15H20ClNO/c1-12-6-3-2-4-9-17(12)11-15(18)13-7-5-8-14(16)10-13/h5,7-8,10,12H,2-4,6,9,11H2,1H3. The predicted molar refractivity (Wildman–Crippen MR) is 75.3 cm³/mol. The van der Waals surface area contributed by atoms with Crippen LogP contribution in [0.1, 0.15) is 43.0 Å². The number of carbonyl (C=O) groups excluding carboxylic acids is 1. The Hall–Kier alpha value is -0.860. The largest absolute Gasteiger partial charge is 0.293 e. The van der Waals surface area contributed by atoms with Crippen LogP contribution in [0.4, 0.5) is 0 Å². The summed E-state index contributed by atoms with van der Waals surface area (Å²) in [6, 6.07) is 7.74. The molecule has 2 rings (SSSR count). The third-order valence-corrected chi connectivity index (χ3v) is 3.92. The number of halogens is 1. The maximum atomic E-state index is 12.2. The molecule has 0 aliphatic carbocycles. The Labute approximate surface area is 114 Å². The molecule has 0 spiro atoms. The second-order valence-electron chi connectivity index (χ2n) is 5.10. The molecule has 3 heteroatoms. The molecule has 2 nitrogen and oxygen atoms in total. The summed E-state index contributed by atoms with van der Waals surface area (Å²) >= 11 is 5.92. The Balaban J connectivity index is 2.01. The first-order valence-electron chi connectivity index (χ1n) is 6.69. The Morgan fingerprint density at radius 3 is 3.00 bits per heavy atom. The maximum Gasteiger partial charge on any atom is 0.176 e. The van der Waals surface area contributed by atoms with Crippen LogP contribution in [0.3, 0.4) is 0 Å². The summed E-state index contributed by atoms with van der Waals surface area (Å²) in [7, 11) is 0. The predicted octanol–water partition coefficient (Wildman–Crippen LogP) is 3.79. The first kappa shape index (κ1) is 13.6. The molecule has 1 aliphatic rings. The minimum atomic E-state index is 0.172. The zero-order valence-electron chi connectivity index (χ0n) is 10.9. The van der Waals surface area contributed by atoms with E-state index in [0.717, 1.165) is 12.1 Å². The van der Waals surface area contributed by atoms with Crippen molar-refractivity contribution in [2.24, 2.45) is 0 Å². The van der Waals surface area contributed by atoms with Crippen molar-refractivity contribution in [2.45, 2.75) is 38.6 Å². The van der Waals surface area contributed by atoms with Gasteiger partial charge in [0.15, 0.2) is 5.78 Å². The lowest BCUT2D eigenvalue weighted by atomic mass is 10.1. The normalized spacial score (nSPS) is 21.6. The van der Waals surface area contributed by atoms with Gasteiger partial charge in [-0.2, -0.15) is 0 Å². The van der Waals surface area contributed by atoms with Crippen molar-refractivity contribution < 1.29 is 4.79 Å². The molecule has 18 heavy (non-hydrogen) atoms. The molecule has 0 aromatic heterocycles. The lowest BCUT2D eigenvalue weighted by Gasteiger charge is -2.26. The van der Waals surface area contributed by atoms with Gasteiger partial charge in [-0.1, -0.05) is 36.6 Å². The molecule has 1 aromatic carbocycles. The van der Waals surface area contributed by atoms with Crippen molar-refractivity contribution in [2.75, 3.05) is 13.1 Å². The Kier molecular flexibility index (Phi) is 4.79. The van der Waals surface area contributed by atoms with Crippen molar-refractivity contribution in [3.8, 4) is 0 Å². The van der Waals surface area contributed by atoms with E-state index in [-0.39, 0.29) is 5.78 Å². The topological polar surface area (TPSA) is 20.3 Å². The number of Topliss-reactive ketones (excluding diaryl/α,β-unsaturated/α-hetero) is 1. The molecule has 1 unspecified atom stereocenters. The average Bonchev–Trinajstić information content (AvgIpc) is 2.55. The molecule has 1 heterocycles. The highest BCUT2D eigenvalue weighted by Gasteiger charge is 2.19. The zero-order valence-corrected chi connectivity index (χ0v) is 11.6. The summed E-state index contributed by atoms with van der Waals surface area (Å²) in [5.74, 6) is 0.172. The smallest absolute Gasteiger partial charge is 0.176 e. The average molecular weight is 266 g/mol. The summed E-state index contributed by atoms with van der Waals surface area (Å²) in [6.07, 6.45) is 4.96. The van der Waals surface area contributed by atoms with E-state index < -0.39 is 0 Å². The summed E-state index contributed by atoms with van der Waals surface area (Å²) in [6.45, 7) is 3.77.